The third-order valence-corrected chi connectivity index (χ3v) is 2.72. The molecule has 0 atom stereocenters. The maximum atomic E-state index is 13.3. The molecule has 6 nitrogen and oxygen atoms in total. The van der Waals surface area contributed by atoms with Gasteiger partial charge in [0.15, 0.2) is 12.6 Å². The van der Waals surface area contributed by atoms with Gasteiger partial charge in [-0.1, -0.05) is 0 Å². The molecule has 1 heterocycles. The summed E-state index contributed by atoms with van der Waals surface area (Å²) in [6.45, 7) is 0. The average Bonchev–Trinajstić information content (AvgIpc) is 2.95. The first-order valence-corrected chi connectivity index (χ1v) is 4.76. The Labute approximate surface area is 90.6 Å². The van der Waals surface area contributed by atoms with Gasteiger partial charge in [-0.15, -0.1) is 5.10 Å². The number of ether oxygens (including phenoxy) is 1. The Hall–Kier alpha value is -1.79. The fraction of sp³-hybridized carbons (Fsp3) is 0.556. The minimum absolute atomic E-state index is 0.185. The monoisotopic (exact) mass is 228 g/mol. The number of esters is 1. The first kappa shape index (κ1) is 10.7. The SMILES string of the molecule is COC(=O)C1(n2cc([N+](C)=O)c(F)n2)CC1. The highest BCUT2D eigenvalue weighted by Gasteiger charge is 2.55. The van der Waals surface area contributed by atoms with Crippen LogP contribution in [0.2, 0.25) is 0 Å². The van der Waals surface area contributed by atoms with Gasteiger partial charge in [-0.25, -0.2) is 9.48 Å². The summed E-state index contributed by atoms with van der Waals surface area (Å²) in [5.41, 5.74) is -1.10. The number of hydrogen-bond acceptors (Lipinski definition) is 4. The molecule has 16 heavy (non-hydrogen) atoms. The minimum atomic E-state index is -0.913. The van der Waals surface area contributed by atoms with Crippen molar-refractivity contribution < 1.29 is 18.7 Å². The number of nitroso groups, excluding NO2 is 1. The van der Waals surface area contributed by atoms with E-state index in [1.54, 1.807) is 0 Å². The Balaban J connectivity index is 2.39. The number of methoxy groups -OCH3 is 1. The van der Waals surface area contributed by atoms with Crippen molar-refractivity contribution in [3.63, 3.8) is 0 Å². The number of halogens is 1. The highest BCUT2D eigenvalue weighted by molar-refractivity contribution is 5.81. The van der Waals surface area contributed by atoms with Crippen molar-refractivity contribution in [2.24, 2.45) is 0 Å². The van der Waals surface area contributed by atoms with Gasteiger partial charge < -0.3 is 4.74 Å². The van der Waals surface area contributed by atoms with Crippen LogP contribution in [0.5, 0.6) is 0 Å². The molecule has 0 aliphatic heterocycles. The molecular weight excluding hydrogens is 217 g/mol. The molecule has 0 amide bonds. The Morgan fingerprint density at radius 1 is 1.69 bits per heavy atom. The molecule has 0 bridgehead atoms. The Morgan fingerprint density at radius 3 is 2.69 bits per heavy atom. The third kappa shape index (κ3) is 1.39. The number of rotatable bonds is 3. The smallest absolute Gasteiger partial charge is 0.333 e. The van der Waals surface area contributed by atoms with Crippen LogP contribution in [0.25, 0.3) is 0 Å². The minimum Gasteiger partial charge on any atom is -0.467 e. The predicted molar refractivity (Wildman–Crippen MR) is 50.6 cm³/mol. The second-order valence-electron chi connectivity index (χ2n) is 3.77. The van der Waals surface area contributed by atoms with Gasteiger partial charge in [-0.05, 0) is 12.8 Å². The van der Waals surface area contributed by atoms with Gasteiger partial charge in [-0.2, -0.15) is 4.39 Å². The van der Waals surface area contributed by atoms with Gasteiger partial charge in [0, 0.05) is 9.67 Å². The molecule has 1 aromatic heterocycles. The van der Waals surface area contributed by atoms with Crippen LogP contribution in [0, 0.1) is 10.9 Å². The van der Waals surface area contributed by atoms with E-state index in [0.717, 1.165) is 0 Å². The second-order valence-corrected chi connectivity index (χ2v) is 3.77. The van der Waals surface area contributed by atoms with E-state index in [2.05, 4.69) is 9.84 Å². The van der Waals surface area contributed by atoms with Crippen molar-refractivity contribution >= 4 is 11.7 Å². The summed E-state index contributed by atoms with van der Waals surface area (Å²) < 4.78 is 19.4. The molecule has 0 spiro atoms. The summed E-state index contributed by atoms with van der Waals surface area (Å²) in [7, 11) is 2.44. The van der Waals surface area contributed by atoms with Crippen LogP contribution in [0.4, 0.5) is 10.1 Å². The standard InChI is InChI=1S/C9H11FN3O3/c1-12(15)6-5-13(11-7(6)10)9(3-4-9)8(14)16-2/h5H,3-4H2,1-2H3/q+1. The van der Waals surface area contributed by atoms with Gasteiger partial charge in [0.1, 0.15) is 6.20 Å². The molecule has 1 saturated carbocycles. The molecule has 1 aliphatic carbocycles. The summed E-state index contributed by atoms with van der Waals surface area (Å²) >= 11 is 0. The second kappa shape index (κ2) is 3.36. The van der Waals surface area contributed by atoms with E-state index in [4.69, 9.17) is 0 Å². The first-order valence-electron chi connectivity index (χ1n) is 4.76. The molecule has 0 N–H and O–H groups in total. The molecule has 86 valence electrons. The van der Waals surface area contributed by atoms with Crippen molar-refractivity contribution in [2.75, 3.05) is 14.2 Å². The zero-order valence-electron chi connectivity index (χ0n) is 8.94. The molecule has 1 aliphatic rings. The van der Waals surface area contributed by atoms with E-state index >= 15 is 0 Å². The summed E-state index contributed by atoms with van der Waals surface area (Å²) in [5.74, 6) is -1.34. The summed E-state index contributed by atoms with van der Waals surface area (Å²) in [6, 6.07) is 0. The van der Waals surface area contributed by atoms with Crippen molar-refractivity contribution in [2.45, 2.75) is 18.4 Å². The maximum absolute atomic E-state index is 13.3. The van der Waals surface area contributed by atoms with Crippen LogP contribution < -0.4 is 0 Å². The fourth-order valence-electron chi connectivity index (χ4n) is 1.61. The molecule has 2 rings (SSSR count). The maximum Gasteiger partial charge on any atom is 0.333 e. The summed E-state index contributed by atoms with van der Waals surface area (Å²) in [4.78, 5) is 22.5. The molecule has 1 aromatic rings. The van der Waals surface area contributed by atoms with Gasteiger partial charge in [0.05, 0.1) is 7.11 Å². The highest BCUT2D eigenvalue weighted by Crippen LogP contribution is 2.44. The number of hydrogen-bond donors (Lipinski definition) is 0. The van der Waals surface area contributed by atoms with E-state index in [0.29, 0.717) is 17.6 Å². The topological polar surface area (TPSA) is 64.2 Å². The van der Waals surface area contributed by atoms with Crippen molar-refractivity contribution in [3.8, 4) is 0 Å². The average molecular weight is 228 g/mol. The van der Waals surface area contributed by atoms with E-state index in [1.165, 1.54) is 25.0 Å². The quantitative estimate of drug-likeness (QED) is 0.565. The fourth-order valence-corrected chi connectivity index (χ4v) is 1.61. The van der Waals surface area contributed by atoms with Gasteiger partial charge >= 0.3 is 17.6 Å². The Kier molecular flexibility index (Phi) is 2.25. The largest absolute Gasteiger partial charge is 0.467 e. The summed E-state index contributed by atoms with van der Waals surface area (Å²) in [5, 5.41) is 3.54. The van der Waals surface area contributed by atoms with Crippen LogP contribution in [0.15, 0.2) is 6.20 Å². The zero-order chi connectivity index (χ0) is 11.9. The molecular formula is C9H11FN3O3+. The predicted octanol–water partition coefficient (Wildman–Crippen LogP) is 0.724. The van der Waals surface area contributed by atoms with Crippen molar-refractivity contribution in [3.05, 3.63) is 17.1 Å². The number of nitrogens with zero attached hydrogens (tertiary/aromatic N) is 3. The lowest BCUT2D eigenvalue weighted by Gasteiger charge is -2.11. The highest BCUT2D eigenvalue weighted by atomic mass is 19.1. The first-order chi connectivity index (χ1) is 7.51. The molecule has 0 unspecified atom stereocenters. The third-order valence-electron chi connectivity index (χ3n) is 2.72. The zero-order valence-corrected chi connectivity index (χ0v) is 8.94. The summed E-state index contributed by atoms with van der Waals surface area (Å²) in [6.07, 6.45) is 2.32. The molecule has 0 saturated heterocycles. The van der Waals surface area contributed by atoms with E-state index in [-0.39, 0.29) is 5.69 Å². The van der Waals surface area contributed by atoms with Gasteiger partial charge in [0.2, 0.25) is 0 Å². The molecule has 1 fully saturated rings. The lowest BCUT2D eigenvalue weighted by molar-refractivity contribution is -0.430. The van der Waals surface area contributed by atoms with Crippen LogP contribution in [0.3, 0.4) is 0 Å². The lowest BCUT2D eigenvalue weighted by atomic mass is 10.3. The number of carbonyl (C=O) groups is 1. The number of aromatic nitrogens is 2. The van der Waals surface area contributed by atoms with Crippen LogP contribution >= 0.6 is 0 Å². The Morgan fingerprint density at radius 2 is 2.31 bits per heavy atom. The van der Waals surface area contributed by atoms with Crippen LogP contribution in [0.1, 0.15) is 12.8 Å². The molecule has 7 heteroatoms. The molecule has 0 aromatic carbocycles. The van der Waals surface area contributed by atoms with Gasteiger partial charge in [-0.3, -0.25) is 0 Å². The van der Waals surface area contributed by atoms with Crippen molar-refractivity contribution in [1.82, 2.24) is 9.78 Å². The van der Waals surface area contributed by atoms with Crippen LogP contribution in [-0.2, 0) is 15.1 Å². The number of carbonyl (C=O) groups excluding carboxylic acids is 1. The van der Waals surface area contributed by atoms with E-state index in [1.807, 2.05) is 0 Å². The van der Waals surface area contributed by atoms with E-state index in [9.17, 15) is 14.1 Å². The lowest BCUT2D eigenvalue weighted by Crippen LogP contribution is -2.29. The van der Waals surface area contributed by atoms with E-state index < -0.39 is 17.5 Å². The van der Waals surface area contributed by atoms with Crippen molar-refractivity contribution in [1.29, 1.82) is 0 Å². The van der Waals surface area contributed by atoms with Gasteiger partial charge in [0.25, 0.3) is 0 Å². The Bertz CT molecular complexity index is 465. The van der Waals surface area contributed by atoms with Crippen LogP contribution in [-0.4, -0.2) is 34.7 Å². The normalized spacial score (nSPS) is 16.9. The molecule has 0 radical (unpaired) electrons.